The highest BCUT2D eigenvalue weighted by atomic mass is 16.2. The Labute approximate surface area is 181 Å². The third-order valence-electron chi connectivity index (χ3n) is 7.13. The molecule has 7 heteroatoms. The molecule has 3 aliphatic rings. The molecule has 2 aliphatic heterocycles. The second-order valence-corrected chi connectivity index (χ2v) is 8.26. The van der Waals surface area contributed by atoms with Crippen molar-refractivity contribution in [3.8, 4) is 18.2 Å². The van der Waals surface area contributed by atoms with Gasteiger partial charge in [0.15, 0.2) is 0 Å². The third-order valence-corrected chi connectivity index (χ3v) is 7.13. The summed E-state index contributed by atoms with van der Waals surface area (Å²) in [7, 11) is 0. The van der Waals surface area contributed by atoms with Gasteiger partial charge in [-0.15, -0.1) is 6.58 Å². The van der Waals surface area contributed by atoms with Crippen LogP contribution in [0.4, 0.5) is 5.69 Å². The van der Waals surface area contributed by atoms with Crippen LogP contribution in [-0.2, 0) is 10.2 Å². The van der Waals surface area contributed by atoms with Crippen LogP contribution >= 0.6 is 0 Å². The zero-order chi connectivity index (χ0) is 22.4. The number of nitriles is 3. The van der Waals surface area contributed by atoms with Crippen LogP contribution in [-0.4, -0.2) is 37.8 Å². The van der Waals surface area contributed by atoms with Gasteiger partial charge in [-0.3, -0.25) is 4.79 Å². The predicted octanol–water partition coefficient (Wildman–Crippen LogP) is 1.12. The summed E-state index contributed by atoms with van der Waals surface area (Å²) in [5, 5.41) is 39.2. The molecular formula is C24H23N6O+. The van der Waals surface area contributed by atoms with Crippen molar-refractivity contribution in [3.05, 3.63) is 54.1 Å². The number of para-hydroxylation sites is 1. The second-order valence-electron chi connectivity index (χ2n) is 8.26. The lowest BCUT2D eigenvalue weighted by molar-refractivity contribution is -0.897. The van der Waals surface area contributed by atoms with Gasteiger partial charge in [-0.2, -0.15) is 15.8 Å². The number of benzene rings is 1. The van der Waals surface area contributed by atoms with Gasteiger partial charge in [0.2, 0.25) is 11.3 Å². The van der Waals surface area contributed by atoms with Gasteiger partial charge in [0.25, 0.3) is 0 Å². The first kappa shape index (κ1) is 20.5. The standard InChI is InChI=1S/C24H22N6O/c1-3-10-30-20-8-6-5-7-17(20)24(22(30)31)18(12-25)21(28)23(14-26,15-27)16-9-11-29(4-2)13-19(16)24/h3,5-9,18-19,28H,1,4,10-11,13H2,2H3/p+1/t18-,19+,24+/m0/s1. The molecule has 31 heavy (non-hydrogen) atoms. The number of fused-ring (bicyclic) bond motifs is 4. The molecule has 1 unspecified atom stereocenters. The van der Waals surface area contributed by atoms with Gasteiger partial charge in [-0.05, 0) is 30.2 Å². The third kappa shape index (κ3) is 2.34. The largest absolute Gasteiger partial charge is 0.331 e. The van der Waals surface area contributed by atoms with Crippen molar-refractivity contribution in [1.29, 1.82) is 21.2 Å². The molecule has 154 valence electrons. The molecule has 1 amide bonds. The minimum absolute atomic E-state index is 0.261. The lowest BCUT2D eigenvalue weighted by atomic mass is 9.48. The highest BCUT2D eigenvalue weighted by Gasteiger charge is 2.70. The topological polar surface area (TPSA) is 120 Å². The molecule has 1 fully saturated rings. The number of nitrogens with zero attached hydrogens (tertiary/aromatic N) is 4. The number of hydrogen-bond acceptors (Lipinski definition) is 5. The van der Waals surface area contributed by atoms with Crippen molar-refractivity contribution in [2.45, 2.75) is 12.3 Å². The predicted molar refractivity (Wildman–Crippen MR) is 114 cm³/mol. The Morgan fingerprint density at radius 1 is 1.32 bits per heavy atom. The maximum Gasteiger partial charge on any atom is 0.240 e. The Morgan fingerprint density at radius 3 is 2.65 bits per heavy atom. The minimum Gasteiger partial charge on any atom is -0.331 e. The molecule has 1 aliphatic carbocycles. The van der Waals surface area contributed by atoms with E-state index in [4.69, 9.17) is 5.41 Å². The average molecular weight is 411 g/mol. The lowest BCUT2D eigenvalue weighted by Crippen LogP contribution is -3.13. The molecule has 1 aromatic rings. The summed E-state index contributed by atoms with van der Waals surface area (Å²) >= 11 is 0. The van der Waals surface area contributed by atoms with Crippen LogP contribution in [0.15, 0.2) is 48.6 Å². The Hall–Kier alpha value is -3.73. The first-order valence-electron chi connectivity index (χ1n) is 10.3. The molecule has 0 bridgehead atoms. The zero-order valence-electron chi connectivity index (χ0n) is 17.4. The number of amides is 1. The van der Waals surface area contributed by atoms with Crippen LogP contribution in [0.25, 0.3) is 0 Å². The molecule has 1 aromatic carbocycles. The fourth-order valence-electron chi connectivity index (χ4n) is 5.66. The Kier molecular flexibility index (Phi) is 4.77. The second kappa shape index (κ2) is 7.20. The fourth-order valence-corrected chi connectivity index (χ4v) is 5.66. The monoisotopic (exact) mass is 411 g/mol. The van der Waals surface area contributed by atoms with Crippen molar-refractivity contribution in [3.63, 3.8) is 0 Å². The van der Waals surface area contributed by atoms with Crippen LogP contribution < -0.4 is 9.80 Å². The molecule has 2 N–H and O–H groups in total. The van der Waals surface area contributed by atoms with Gasteiger partial charge in [0.1, 0.15) is 11.3 Å². The number of hydrogen-bond donors (Lipinski definition) is 2. The maximum atomic E-state index is 14.1. The molecule has 4 rings (SSSR count). The van der Waals surface area contributed by atoms with Gasteiger partial charge < -0.3 is 15.2 Å². The van der Waals surface area contributed by atoms with Crippen molar-refractivity contribution >= 4 is 17.3 Å². The summed E-state index contributed by atoms with van der Waals surface area (Å²) in [4.78, 5) is 16.9. The van der Waals surface area contributed by atoms with Crippen LogP contribution in [0.5, 0.6) is 0 Å². The van der Waals surface area contributed by atoms with E-state index in [9.17, 15) is 20.6 Å². The summed E-state index contributed by atoms with van der Waals surface area (Å²) in [6.07, 6.45) is 3.49. The summed E-state index contributed by atoms with van der Waals surface area (Å²) in [5.74, 6) is -2.01. The first-order chi connectivity index (χ1) is 15.0. The summed E-state index contributed by atoms with van der Waals surface area (Å²) in [5.41, 5.74) is -1.58. The molecule has 7 nitrogen and oxygen atoms in total. The van der Waals surface area contributed by atoms with E-state index in [1.54, 1.807) is 11.0 Å². The SMILES string of the molecule is C=CCN1C(=O)[C@@]2(c3ccccc31)[C@@H]1C[NH+](CC)CC=C1C(C#N)(C#N)C(=N)[C@@H]2C#N. The first-order valence-corrected chi connectivity index (χ1v) is 10.3. The molecule has 0 saturated heterocycles. The van der Waals surface area contributed by atoms with Crippen molar-refractivity contribution in [1.82, 2.24) is 0 Å². The number of quaternary nitrogens is 1. The summed E-state index contributed by atoms with van der Waals surface area (Å²) < 4.78 is 0. The van der Waals surface area contributed by atoms with Gasteiger partial charge in [0.05, 0.1) is 49.5 Å². The van der Waals surface area contributed by atoms with E-state index in [0.29, 0.717) is 29.9 Å². The number of carbonyl (C=O) groups excluding carboxylic acids is 1. The normalized spacial score (nSPS) is 30.5. The van der Waals surface area contributed by atoms with Gasteiger partial charge >= 0.3 is 0 Å². The molecule has 1 saturated carbocycles. The van der Waals surface area contributed by atoms with E-state index in [2.05, 4.69) is 12.6 Å². The zero-order valence-corrected chi connectivity index (χ0v) is 17.4. The van der Waals surface area contributed by atoms with Crippen molar-refractivity contribution < 1.29 is 9.69 Å². The number of likely N-dealkylation sites (N-methyl/N-ethyl adjacent to an activating group) is 1. The van der Waals surface area contributed by atoms with E-state index in [1.165, 1.54) is 4.90 Å². The maximum absolute atomic E-state index is 14.1. The molecule has 0 radical (unpaired) electrons. The number of rotatable bonds is 3. The van der Waals surface area contributed by atoms with E-state index >= 15 is 0 Å². The minimum atomic E-state index is -1.82. The highest BCUT2D eigenvalue weighted by Crippen LogP contribution is 2.59. The summed E-state index contributed by atoms with van der Waals surface area (Å²) in [6, 6.07) is 13.6. The van der Waals surface area contributed by atoms with Crippen LogP contribution in [0.2, 0.25) is 0 Å². The average Bonchev–Trinajstić information content (AvgIpc) is 3.04. The van der Waals surface area contributed by atoms with Gasteiger partial charge in [0, 0.05) is 12.2 Å². The molecular weight excluding hydrogens is 388 g/mol. The fraction of sp³-hybridized carbons (Fsp3) is 0.375. The van der Waals surface area contributed by atoms with Gasteiger partial charge in [-0.1, -0.05) is 24.3 Å². The molecule has 4 atom stereocenters. The van der Waals surface area contributed by atoms with E-state index < -0.39 is 22.7 Å². The Bertz CT molecular complexity index is 1130. The lowest BCUT2D eigenvalue weighted by Gasteiger charge is -2.50. The van der Waals surface area contributed by atoms with E-state index in [0.717, 1.165) is 6.54 Å². The van der Waals surface area contributed by atoms with Crippen LogP contribution in [0.1, 0.15) is 12.5 Å². The number of anilines is 1. The Balaban J connectivity index is 2.09. The molecule has 1 spiro atoms. The van der Waals surface area contributed by atoms with Crippen LogP contribution in [0.3, 0.4) is 0 Å². The quantitative estimate of drug-likeness (QED) is 0.724. The van der Waals surface area contributed by atoms with E-state index in [-0.39, 0.29) is 18.2 Å². The smallest absolute Gasteiger partial charge is 0.240 e. The highest BCUT2D eigenvalue weighted by molar-refractivity contribution is 6.15. The number of nitrogens with one attached hydrogen (secondary N) is 2. The number of carbonyl (C=O) groups is 1. The molecule has 2 heterocycles. The summed E-state index contributed by atoms with van der Waals surface area (Å²) in [6.45, 7) is 8.03. The van der Waals surface area contributed by atoms with Crippen molar-refractivity contribution in [2.75, 3.05) is 31.1 Å². The molecule has 0 aromatic heterocycles. The van der Waals surface area contributed by atoms with Gasteiger partial charge in [-0.25, -0.2) is 0 Å². The van der Waals surface area contributed by atoms with E-state index in [1.807, 2.05) is 49.4 Å². The van der Waals surface area contributed by atoms with Crippen molar-refractivity contribution in [2.24, 2.45) is 17.3 Å². The Morgan fingerprint density at radius 2 is 2.03 bits per heavy atom. The van der Waals surface area contributed by atoms with Crippen LogP contribution in [0, 0.1) is 56.7 Å².